The summed E-state index contributed by atoms with van der Waals surface area (Å²) in [5.74, 6) is 0.0765. The van der Waals surface area contributed by atoms with Crippen LogP contribution in [0.1, 0.15) is 49.3 Å². The van der Waals surface area contributed by atoms with Crippen LogP contribution in [0.2, 0.25) is 0 Å². The van der Waals surface area contributed by atoms with Crippen LogP contribution in [0.4, 0.5) is 0 Å². The molecule has 0 unspecified atom stereocenters. The number of fused-ring (bicyclic) bond motifs is 1. The molecule has 2 heterocycles. The zero-order valence-corrected chi connectivity index (χ0v) is 15.7. The molecule has 1 aliphatic heterocycles. The van der Waals surface area contributed by atoms with E-state index >= 15 is 0 Å². The number of nitrogens with zero attached hydrogens (tertiary/aromatic N) is 1. The maximum atomic E-state index is 12.3. The van der Waals surface area contributed by atoms with Crippen LogP contribution < -0.4 is 5.32 Å². The Kier molecular flexibility index (Phi) is 5.79. The number of piperidine rings is 1. The first-order valence-corrected chi connectivity index (χ1v) is 9.53. The number of carbonyl (C=O) groups is 1. The topological polar surface area (TPSA) is 45.5 Å². The van der Waals surface area contributed by atoms with E-state index in [4.69, 9.17) is 4.42 Å². The third kappa shape index (κ3) is 4.24. The van der Waals surface area contributed by atoms with Crippen molar-refractivity contribution in [3.8, 4) is 0 Å². The molecule has 0 radical (unpaired) electrons. The SMILES string of the molecule is Cc1ccc2c(CC(=O)NCCCN3CCCC[C@@H]3C)coc2c1C. The van der Waals surface area contributed by atoms with Gasteiger partial charge in [-0.2, -0.15) is 0 Å². The van der Waals surface area contributed by atoms with Crippen molar-refractivity contribution in [2.24, 2.45) is 0 Å². The number of benzene rings is 1. The van der Waals surface area contributed by atoms with Crippen molar-refractivity contribution in [1.82, 2.24) is 10.2 Å². The van der Waals surface area contributed by atoms with Crippen molar-refractivity contribution in [2.45, 2.75) is 58.9 Å². The fourth-order valence-electron chi connectivity index (χ4n) is 3.76. The van der Waals surface area contributed by atoms with Crippen LogP contribution in [-0.4, -0.2) is 36.5 Å². The number of nitrogens with one attached hydrogen (secondary N) is 1. The summed E-state index contributed by atoms with van der Waals surface area (Å²) in [4.78, 5) is 14.8. The Morgan fingerprint density at radius 1 is 1.32 bits per heavy atom. The minimum Gasteiger partial charge on any atom is -0.464 e. The molecule has 1 fully saturated rings. The number of amides is 1. The Morgan fingerprint density at radius 2 is 2.16 bits per heavy atom. The van der Waals surface area contributed by atoms with E-state index in [-0.39, 0.29) is 5.91 Å². The van der Waals surface area contributed by atoms with Crippen LogP contribution in [0.15, 0.2) is 22.8 Å². The first-order valence-electron chi connectivity index (χ1n) is 9.53. The van der Waals surface area contributed by atoms with Gasteiger partial charge in [-0.3, -0.25) is 4.79 Å². The minimum absolute atomic E-state index is 0.0765. The summed E-state index contributed by atoms with van der Waals surface area (Å²) in [5.41, 5.74) is 4.24. The number of aryl methyl sites for hydroxylation is 2. The van der Waals surface area contributed by atoms with Gasteiger partial charge in [0, 0.05) is 30.1 Å². The zero-order chi connectivity index (χ0) is 17.8. The molecule has 0 bridgehead atoms. The quantitative estimate of drug-likeness (QED) is 0.808. The molecule has 0 aliphatic carbocycles. The summed E-state index contributed by atoms with van der Waals surface area (Å²) in [6.45, 7) is 9.48. The predicted octanol–water partition coefficient (Wildman–Crippen LogP) is 3.97. The fourth-order valence-corrected chi connectivity index (χ4v) is 3.76. The van der Waals surface area contributed by atoms with Crippen molar-refractivity contribution in [1.29, 1.82) is 0 Å². The second kappa shape index (κ2) is 8.05. The van der Waals surface area contributed by atoms with Crippen molar-refractivity contribution in [3.05, 3.63) is 35.1 Å². The van der Waals surface area contributed by atoms with E-state index in [0.717, 1.165) is 41.6 Å². The van der Waals surface area contributed by atoms with E-state index in [2.05, 4.69) is 43.1 Å². The van der Waals surface area contributed by atoms with E-state index in [1.165, 1.54) is 31.4 Å². The van der Waals surface area contributed by atoms with Gasteiger partial charge in [0.1, 0.15) is 5.58 Å². The van der Waals surface area contributed by atoms with Crippen LogP contribution in [0.5, 0.6) is 0 Å². The van der Waals surface area contributed by atoms with Gasteiger partial charge in [-0.25, -0.2) is 0 Å². The molecule has 3 rings (SSSR count). The fraction of sp³-hybridized carbons (Fsp3) is 0.571. The molecule has 1 aliphatic rings. The lowest BCUT2D eigenvalue weighted by molar-refractivity contribution is -0.120. The Labute approximate surface area is 150 Å². The van der Waals surface area contributed by atoms with E-state index < -0.39 is 0 Å². The maximum Gasteiger partial charge on any atom is 0.224 e. The van der Waals surface area contributed by atoms with Gasteiger partial charge < -0.3 is 14.6 Å². The molecule has 4 heteroatoms. The third-order valence-electron chi connectivity index (χ3n) is 5.58. The van der Waals surface area contributed by atoms with Gasteiger partial charge in [0.15, 0.2) is 0 Å². The largest absolute Gasteiger partial charge is 0.464 e. The molecule has 1 aromatic carbocycles. The highest BCUT2D eigenvalue weighted by molar-refractivity contribution is 5.89. The van der Waals surface area contributed by atoms with Gasteiger partial charge in [-0.15, -0.1) is 0 Å². The molecule has 136 valence electrons. The normalized spacial score (nSPS) is 18.6. The summed E-state index contributed by atoms with van der Waals surface area (Å²) >= 11 is 0. The Balaban J connectivity index is 1.47. The zero-order valence-electron chi connectivity index (χ0n) is 15.7. The molecule has 1 atom stereocenters. The molecule has 0 spiro atoms. The van der Waals surface area contributed by atoms with Gasteiger partial charge in [0.2, 0.25) is 5.91 Å². The second-order valence-corrected chi connectivity index (χ2v) is 7.41. The summed E-state index contributed by atoms with van der Waals surface area (Å²) < 4.78 is 5.69. The first-order chi connectivity index (χ1) is 12.1. The van der Waals surface area contributed by atoms with Crippen LogP contribution in [-0.2, 0) is 11.2 Å². The van der Waals surface area contributed by atoms with Gasteiger partial charge in [0.05, 0.1) is 12.7 Å². The van der Waals surface area contributed by atoms with Gasteiger partial charge in [-0.05, 0) is 57.7 Å². The molecular weight excluding hydrogens is 312 g/mol. The number of carbonyl (C=O) groups excluding carboxylic acids is 1. The second-order valence-electron chi connectivity index (χ2n) is 7.41. The van der Waals surface area contributed by atoms with Crippen molar-refractivity contribution >= 4 is 16.9 Å². The van der Waals surface area contributed by atoms with E-state index in [0.29, 0.717) is 12.5 Å². The van der Waals surface area contributed by atoms with Crippen LogP contribution in [0.3, 0.4) is 0 Å². The number of hydrogen-bond acceptors (Lipinski definition) is 3. The number of rotatable bonds is 6. The van der Waals surface area contributed by atoms with Crippen LogP contribution in [0, 0.1) is 13.8 Å². The molecule has 2 aromatic rings. The summed E-state index contributed by atoms with van der Waals surface area (Å²) in [5, 5.41) is 4.11. The average Bonchev–Trinajstić information content (AvgIpc) is 3.00. The summed E-state index contributed by atoms with van der Waals surface area (Å²) in [6, 6.07) is 4.84. The minimum atomic E-state index is 0.0765. The molecule has 0 saturated carbocycles. The van der Waals surface area contributed by atoms with E-state index in [1.54, 1.807) is 6.26 Å². The summed E-state index contributed by atoms with van der Waals surface area (Å²) in [6.07, 6.45) is 7.09. The molecule has 4 nitrogen and oxygen atoms in total. The highest BCUT2D eigenvalue weighted by atomic mass is 16.3. The van der Waals surface area contributed by atoms with Crippen molar-refractivity contribution in [3.63, 3.8) is 0 Å². The van der Waals surface area contributed by atoms with Crippen LogP contribution in [0.25, 0.3) is 11.0 Å². The van der Waals surface area contributed by atoms with Gasteiger partial charge in [-0.1, -0.05) is 18.6 Å². The maximum absolute atomic E-state index is 12.3. The molecule has 25 heavy (non-hydrogen) atoms. The molecule has 1 saturated heterocycles. The molecule has 1 N–H and O–H groups in total. The Bertz CT molecular complexity index is 735. The lowest BCUT2D eigenvalue weighted by Crippen LogP contribution is -2.39. The number of hydrogen-bond donors (Lipinski definition) is 1. The predicted molar refractivity (Wildman–Crippen MR) is 102 cm³/mol. The van der Waals surface area contributed by atoms with Crippen molar-refractivity contribution in [2.75, 3.05) is 19.6 Å². The molecule has 1 aromatic heterocycles. The smallest absolute Gasteiger partial charge is 0.224 e. The Hall–Kier alpha value is -1.81. The highest BCUT2D eigenvalue weighted by Gasteiger charge is 2.17. The number of furan rings is 1. The standard InChI is InChI=1S/C21H30N2O2/c1-15-8-9-19-18(14-25-21(19)17(15)3)13-20(24)22-10-6-12-23-11-5-4-7-16(23)2/h8-9,14,16H,4-7,10-13H2,1-3H3,(H,22,24)/t16-/m0/s1. The van der Waals surface area contributed by atoms with Crippen molar-refractivity contribution < 1.29 is 9.21 Å². The lowest BCUT2D eigenvalue weighted by Gasteiger charge is -2.33. The monoisotopic (exact) mass is 342 g/mol. The Morgan fingerprint density at radius 3 is 2.96 bits per heavy atom. The van der Waals surface area contributed by atoms with E-state index in [1.807, 2.05) is 0 Å². The van der Waals surface area contributed by atoms with Crippen LogP contribution >= 0.6 is 0 Å². The average molecular weight is 342 g/mol. The molecule has 1 amide bonds. The van der Waals surface area contributed by atoms with Gasteiger partial charge in [0.25, 0.3) is 0 Å². The van der Waals surface area contributed by atoms with Gasteiger partial charge >= 0.3 is 0 Å². The highest BCUT2D eigenvalue weighted by Crippen LogP contribution is 2.26. The lowest BCUT2D eigenvalue weighted by atomic mass is 10.0. The first kappa shape index (κ1) is 18.0. The summed E-state index contributed by atoms with van der Waals surface area (Å²) in [7, 11) is 0. The van der Waals surface area contributed by atoms with E-state index in [9.17, 15) is 4.79 Å². The molecular formula is C21H30N2O2. The third-order valence-corrected chi connectivity index (χ3v) is 5.58. The number of likely N-dealkylation sites (tertiary alicyclic amines) is 1.